The number of nitrogens with zero attached hydrogens (tertiary/aromatic N) is 2. The summed E-state index contributed by atoms with van der Waals surface area (Å²) in [5.41, 5.74) is 3.13. The van der Waals surface area contributed by atoms with Gasteiger partial charge in [0.15, 0.2) is 0 Å². The van der Waals surface area contributed by atoms with Crippen LogP contribution < -0.4 is 5.69 Å². The Kier molecular flexibility index (Phi) is 4.04. The highest BCUT2D eigenvalue weighted by atomic mass is 16.1. The molecule has 2 fully saturated rings. The van der Waals surface area contributed by atoms with E-state index in [9.17, 15) is 9.59 Å². The largest absolute Gasteiger partial charge is 0.326 e. The highest BCUT2D eigenvalue weighted by Crippen LogP contribution is 2.29. The van der Waals surface area contributed by atoms with Gasteiger partial charge in [0.1, 0.15) is 5.78 Å². The van der Waals surface area contributed by atoms with Gasteiger partial charge in [-0.1, -0.05) is 6.07 Å². The molecule has 1 aliphatic carbocycles. The van der Waals surface area contributed by atoms with Gasteiger partial charge in [-0.3, -0.25) is 9.36 Å². The molecule has 1 saturated carbocycles. The molecule has 1 aliphatic heterocycles. The molecular formula is C19H25N3O2. The fourth-order valence-corrected chi connectivity index (χ4v) is 4.41. The van der Waals surface area contributed by atoms with Gasteiger partial charge in [-0.2, -0.15) is 0 Å². The number of ketones is 1. The minimum atomic E-state index is 0.0114. The normalized spacial score (nSPS) is 21.6. The summed E-state index contributed by atoms with van der Waals surface area (Å²) in [7, 11) is 0. The van der Waals surface area contributed by atoms with E-state index in [0.717, 1.165) is 68.2 Å². The predicted molar refractivity (Wildman–Crippen MR) is 94.4 cm³/mol. The summed E-state index contributed by atoms with van der Waals surface area (Å²) in [5.74, 6) is 0.418. The summed E-state index contributed by atoms with van der Waals surface area (Å²) in [6.07, 6.45) is 5.51. The zero-order chi connectivity index (χ0) is 16.7. The Bertz CT molecular complexity index is 802. The van der Waals surface area contributed by atoms with E-state index in [1.807, 2.05) is 17.6 Å². The first-order valence-electron chi connectivity index (χ1n) is 9.08. The first-order valence-corrected chi connectivity index (χ1v) is 9.08. The van der Waals surface area contributed by atoms with Crippen molar-refractivity contribution in [2.24, 2.45) is 0 Å². The van der Waals surface area contributed by atoms with Crippen LogP contribution in [-0.2, 0) is 4.79 Å². The summed E-state index contributed by atoms with van der Waals surface area (Å²) < 4.78 is 1.95. The average molecular weight is 327 g/mol. The lowest BCUT2D eigenvalue weighted by Crippen LogP contribution is -2.44. The highest BCUT2D eigenvalue weighted by molar-refractivity contribution is 5.79. The molecule has 0 unspecified atom stereocenters. The maximum Gasteiger partial charge on any atom is 0.326 e. The summed E-state index contributed by atoms with van der Waals surface area (Å²) in [6, 6.07) is 7.00. The number of hydrogen-bond acceptors (Lipinski definition) is 3. The van der Waals surface area contributed by atoms with Gasteiger partial charge < -0.3 is 9.88 Å². The number of fused-ring (bicyclic) bond motifs is 1. The molecule has 1 saturated heterocycles. The number of rotatable bonds is 2. The summed E-state index contributed by atoms with van der Waals surface area (Å²) in [6.45, 7) is 4.09. The van der Waals surface area contributed by atoms with Crippen LogP contribution in [0.5, 0.6) is 0 Å². The number of piperidine rings is 1. The lowest BCUT2D eigenvalue weighted by Gasteiger charge is -2.39. The van der Waals surface area contributed by atoms with E-state index in [2.05, 4.69) is 22.0 Å². The third-order valence-electron chi connectivity index (χ3n) is 5.77. The summed E-state index contributed by atoms with van der Waals surface area (Å²) >= 11 is 0. The molecule has 24 heavy (non-hydrogen) atoms. The second kappa shape index (κ2) is 6.20. The average Bonchev–Trinajstić information content (AvgIpc) is 2.90. The monoisotopic (exact) mass is 327 g/mol. The zero-order valence-corrected chi connectivity index (χ0v) is 14.3. The van der Waals surface area contributed by atoms with E-state index in [1.54, 1.807) is 0 Å². The Hall–Kier alpha value is -1.88. The third kappa shape index (κ3) is 2.81. The Balaban J connectivity index is 1.49. The summed E-state index contributed by atoms with van der Waals surface area (Å²) in [4.78, 5) is 29.4. The number of hydrogen-bond donors (Lipinski definition) is 1. The Morgan fingerprint density at radius 1 is 1.00 bits per heavy atom. The SMILES string of the molecule is Cc1ccc2c(c1)[nH]c(=O)n2C1CCN(C2CCC(=O)CC2)CC1. The zero-order valence-electron chi connectivity index (χ0n) is 14.3. The van der Waals surface area contributed by atoms with Gasteiger partial charge in [0, 0.05) is 38.0 Å². The molecule has 0 amide bonds. The molecule has 128 valence electrons. The number of carbonyl (C=O) groups is 1. The van der Waals surface area contributed by atoms with Crippen molar-refractivity contribution in [2.45, 2.75) is 57.5 Å². The number of aromatic amines is 1. The second-order valence-electron chi connectivity index (χ2n) is 7.36. The first-order chi connectivity index (χ1) is 11.6. The number of aryl methyl sites for hydroxylation is 1. The van der Waals surface area contributed by atoms with E-state index >= 15 is 0 Å². The number of H-pyrrole nitrogens is 1. The maximum absolute atomic E-state index is 12.4. The van der Waals surface area contributed by atoms with Gasteiger partial charge in [-0.15, -0.1) is 0 Å². The maximum atomic E-state index is 12.4. The Labute approximate surface area is 141 Å². The van der Waals surface area contributed by atoms with Gasteiger partial charge in [0.2, 0.25) is 0 Å². The molecule has 0 bridgehead atoms. The van der Waals surface area contributed by atoms with E-state index in [-0.39, 0.29) is 11.7 Å². The van der Waals surface area contributed by atoms with Gasteiger partial charge in [0.05, 0.1) is 11.0 Å². The van der Waals surface area contributed by atoms with Gasteiger partial charge >= 0.3 is 5.69 Å². The van der Waals surface area contributed by atoms with Crippen LogP contribution >= 0.6 is 0 Å². The molecule has 1 N–H and O–H groups in total. The van der Waals surface area contributed by atoms with Gasteiger partial charge in [-0.05, 0) is 50.3 Å². The molecular weight excluding hydrogens is 302 g/mol. The predicted octanol–water partition coefficient (Wildman–Crippen LogP) is 2.79. The van der Waals surface area contributed by atoms with E-state index in [0.29, 0.717) is 11.8 Å². The van der Waals surface area contributed by atoms with E-state index in [4.69, 9.17) is 0 Å². The fourth-order valence-electron chi connectivity index (χ4n) is 4.41. The molecule has 0 atom stereocenters. The quantitative estimate of drug-likeness (QED) is 0.923. The van der Waals surface area contributed by atoms with Crippen molar-refractivity contribution < 1.29 is 4.79 Å². The number of carbonyl (C=O) groups excluding carboxylic acids is 1. The minimum Gasteiger partial charge on any atom is -0.306 e. The number of aromatic nitrogens is 2. The number of benzene rings is 1. The molecule has 0 spiro atoms. The fraction of sp³-hybridized carbons (Fsp3) is 0.579. The van der Waals surface area contributed by atoms with Gasteiger partial charge in [-0.25, -0.2) is 4.79 Å². The summed E-state index contributed by atoms with van der Waals surface area (Å²) in [5, 5.41) is 0. The number of imidazole rings is 1. The molecule has 0 radical (unpaired) electrons. The molecule has 5 nitrogen and oxygen atoms in total. The van der Waals surface area contributed by atoms with Crippen LogP contribution in [0.3, 0.4) is 0 Å². The molecule has 2 aliphatic rings. The number of nitrogens with one attached hydrogen (secondary N) is 1. The van der Waals surface area contributed by atoms with Crippen LogP contribution in [0.25, 0.3) is 11.0 Å². The van der Waals surface area contributed by atoms with Crippen molar-refractivity contribution in [3.63, 3.8) is 0 Å². The van der Waals surface area contributed by atoms with Crippen LogP contribution in [0.4, 0.5) is 0 Å². The smallest absolute Gasteiger partial charge is 0.306 e. The Morgan fingerprint density at radius 3 is 2.42 bits per heavy atom. The van der Waals surface area contributed by atoms with Crippen LogP contribution in [0.1, 0.15) is 50.1 Å². The van der Waals surface area contributed by atoms with E-state index < -0.39 is 0 Å². The molecule has 2 aromatic rings. The molecule has 1 aromatic carbocycles. The lowest BCUT2D eigenvalue weighted by atomic mass is 9.91. The number of likely N-dealkylation sites (tertiary alicyclic amines) is 1. The standard InChI is InChI=1S/C19H25N3O2/c1-13-2-7-18-17(12-13)20-19(24)22(18)15-8-10-21(11-9-15)14-3-5-16(23)6-4-14/h2,7,12,14-15H,3-6,8-11H2,1H3,(H,20,24). The van der Waals surface area contributed by atoms with Crippen LogP contribution in [0.2, 0.25) is 0 Å². The number of Topliss-reactive ketones (excluding diaryl/α,β-unsaturated/α-hetero) is 1. The molecule has 2 heterocycles. The Morgan fingerprint density at radius 2 is 1.71 bits per heavy atom. The van der Waals surface area contributed by atoms with Crippen LogP contribution in [-0.4, -0.2) is 39.4 Å². The topological polar surface area (TPSA) is 58.1 Å². The van der Waals surface area contributed by atoms with E-state index in [1.165, 1.54) is 0 Å². The van der Waals surface area contributed by atoms with Crippen molar-refractivity contribution in [1.29, 1.82) is 0 Å². The minimum absolute atomic E-state index is 0.0114. The third-order valence-corrected chi connectivity index (χ3v) is 5.77. The molecule has 4 rings (SSSR count). The van der Waals surface area contributed by atoms with Crippen LogP contribution in [0.15, 0.2) is 23.0 Å². The van der Waals surface area contributed by atoms with Crippen molar-refractivity contribution in [2.75, 3.05) is 13.1 Å². The van der Waals surface area contributed by atoms with Crippen molar-refractivity contribution in [3.8, 4) is 0 Å². The molecule has 5 heteroatoms. The van der Waals surface area contributed by atoms with Crippen molar-refractivity contribution in [1.82, 2.24) is 14.5 Å². The van der Waals surface area contributed by atoms with Crippen molar-refractivity contribution >= 4 is 16.8 Å². The van der Waals surface area contributed by atoms with Gasteiger partial charge in [0.25, 0.3) is 0 Å². The first kappa shape index (κ1) is 15.6. The molecule has 1 aromatic heterocycles. The second-order valence-corrected chi connectivity index (χ2v) is 7.36. The lowest BCUT2D eigenvalue weighted by molar-refractivity contribution is -0.121. The highest BCUT2D eigenvalue weighted by Gasteiger charge is 2.29. The van der Waals surface area contributed by atoms with Crippen LogP contribution in [0, 0.1) is 6.92 Å². The van der Waals surface area contributed by atoms with Crippen molar-refractivity contribution in [3.05, 3.63) is 34.2 Å².